The molecule has 2 aliphatic heterocycles. The molecule has 1 atom stereocenters. The highest BCUT2D eigenvalue weighted by Gasteiger charge is 2.22. The largest absolute Gasteiger partial charge is 0.493 e. The number of benzene rings is 1. The number of hydrogen-bond donors (Lipinski definition) is 4. The van der Waals surface area contributed by atoms with Gasteiger partial charge in [-0.05, 0) is 54.8 Å². The number of anilines is 2. The Morgan fingerprint density at radius 2 is 1.65 bits per heavy atom. The lowest BCUT2D eigenvalue weighted by molar-refractivity contribution is 0.205. The van der Waals surface area contributed by atoms with E-state index >= 15 is 0 Å². The topological polar surface area (TPSA) is 198 Å². The van der Waals surface area contributed by atoms with Crippen LogP contribution in [0.1, 0.15) is 30.5 Å². The molecule has 5 N–H and O–H groups in total. The quantitative estimate of drug-likeness (QED) is 0.197. The van der Waals surface area contributed by atoms with Gasteiger partial charge in [-0.3, -0.25) is 14.1 Å². The van der Waals surface area contributed by atoms with E-state index in [0.29, 0.717) is 95.1 Å². The summed E-state index contributed by atoms with van der Waals surface area (Å²) >= 11 is 0. The van der Waals surface area contributed by atoms with E-state index < -0.39 is 6.23 Å². The molecule has 0 fully saturated rings. The van der Waals surface area contributed by atoms with Crippen molar-refractivity contribution in [3.8, 4) is 29.0 Å². The molecule has 262 valence electrons. The number of aromatic nitrogens is 7. The molecule has 0 aliphatic carbocycles. The number of aromatic amines is 2. The molecule has 1 aromatic carbocycles. The van der Waals surface area contributed by atoms with Gasteiger partial charge in [-0.2, -0.15) is 9.97 Å². The molecule has 6 bridgehead atoms. The third-order valence-corrected chi connectivity index (χ3v) is 8.75. The first kappa shape index (κ1) is 31.8. The lowest BCUT2D eigenvalue weighted by atomic mass is 10.2. The molecule has 0 saturated heterocycles. The van der Waals surface area contributed by atoms with Crippen molar-refractivity contribution in [1.29, 1.82) is 0 Å². The molecular weight excluding hydrogens is 658 g/mol. The van der Waals surface area contributed by atoms with Crippen molar-refractivity contribution < 1.29 is 23.7 Å². The van der Waals surface area contributed by atoms with Gasteiger partial charge in [0, 0.05) is 24.8 Å². The molecule has 5 aromatic heterocycles. The van der Waals surface area contributed by atoms with Gasteiger partial charge >= 0.3 is 11.4 Å². The second kappa shape index (κ2) is 13.5. The van der Waals surface area contributed by atoms with Crippen molar-refractivity contribution >= 4 is 33.7 Å². The molecule has 8 rings (SSSR count). The first-order valence-electron chi connectivity index (χ1n) is 16.5. The maximum atomic E-state index is 13.5. The van der Waals surface area contributed by atoms with Crippen molar-refractivity contribution in [3.05, 3.63) is 93.0 Å². The molecule has 2 aliphatic rings. The molecule has 0 radical (unpaired) electrons. The summed E-state index contributed by atoms with van der Waals surface area (Å²) in [6, 6.07) is 12.6. The van der Waals surface area contributed by atoms with Crippen LogP contribution in [0.4, 0.5) is 11.6 Å². The Hall–Kier alpha value is -6.45. The summed E-state index contributed by atoms with van der Waals surface area (Å²) in [4.78, 5) is 46.0. The number of nitrogens with two attached hydrogens (primary N) is 1. The number of imidazole rings is 2. The molecule has 51 heavy (non-hydrogen) atoms. The lowest BCUT2D eigenvalue weighted by Crippen LogP contribution is -2.28. The second-order valence-electron chi connectivity index (χ2n) is 12.1. The SMILES string of the molecule is COc1ccc2cc1OCC=CCOc1cc3c([nH]c(=O)n3C2)c(NC2CCCCOc3cc4c([nH]c(=O)n4Cc4ncccc4O2)c(N)n3)n1. The van der Waals surface area contributed by atoms with Crippen molar-refractivity contribution in [3.63, 3.8) is 0 Å². The van der Waals surface area contributed by atoms with Gasteiger partial charge in [-0.15, -0.1) is 0 Å². The minimum absolute atomic E-state index is 0.0955. The number of nitrogens with zero attached hydrogens (tertiary/aromatic N) is 5. The zero-order chi connectivity index (χ0) is 34.9. The van der Waals surface area contributed by atoms with E-state index in [2.05, 4.69) is 25.3 Å². The van der Waals surface area contributed by atoms with Crippen molar-refractivity contribution in [2.24, 2.45) is 0 Å². The monoisotopic (exact) mass is 693 g/mol. The van der Waals surface area contributed by atoms with Gasteiger partial charge < -0.3 is 44.7 Å². The van der Waals surface area contributed by atoms with Crippen LogP contribution in [0.2, 0.25) is 0 Å². The number of fused-ring (bicyclic) bond motifs is 5. The number of methoxy groups -OCH3 is 1. The Balaban J connectivity index is 1.17. The Morgan fingerprint density at radius 1 is 0.882 bits per heavy atom. The van der Waals surface area contributed by atoms with Crippen molar-refractivity contribution in [1.82, 2.24) is 34.1 Å². The van der Waals surface area contributed by atoms with E-state index in [4.69, 9.17) is 34.4 Å². The zero-order valence-corrected chi connectivity index (χ0v) is 27.7. The third-order valence-electron chi connectivity index (χ3n) is 8.75. The van der Waals surface area contributed by atoms with E-state index in [1.54, 1.807) is 42.1 Å². The van der Waals surface area contributed by atoms with Crippen LogP contribution >= 0.6 is 0 Å². The average molecular weight is 694 g/mol. The summed E-state index contributed by atoms with van der Waals surface area (Å²) in [5.74, 6) is 2.82. The van der Waals surface area contributed by atoms with Crippen LogP contribution in [0.3, 0.4) is 0 Å². The summed E-state index contributed by atoms with van der Waals surface area (Å²) in [5, 5.41) is 3.43. The number of H-pyrrole nitrogens is 2. The predicted octanol–water partition coefficient (Wildman–Crippen LogP) is 3.55. The fraction of sp³-hybridized carbons (Fsp3) is 0.286. The lowest BCUT2D eigenvalue weighted by Gasteiger charge is -2.23. The minimum Gasteiger partial charge on any atom is -0.493 e. The number of nitrogens with one attached hydrogen (secondary N) is 3. The molecular formula is C35H35N9O7. The third kappa shape index (κ3) is 6.38. The summed E-state index contributed by atoms with van der Waals surface area (Å²) in [5.41, 5.74) is 8.88. The Morgan fingerprint density at radius 3 is 2.49 bits per heavy atom. The fourth-order valence-corrected chi connectivity index (χ4v) is 6.24. The summed E-state index contributed by atoms with van der Waals surface area (Å²) < 4.78 is 33.1. The number of pyridine rings is 3. The minimum atomic E-state index is -0.630. The predicted molar refractivity (Wildman–Crippen MR) is 188 cm³/mol. The maximum absolute atomic E-state index is 13.5. The highest BCUT2D eigenvalue weighted by atomic mass is 16.5. The number of nitrogen functional groups attached to an aromatic ring is 1. The zero-order valence-electron chi connectivity index (χ0n) is 27.7. The molecule has 0 spiro atoms. The van der Waals surface area contributed by atoms with Gasteiger partial charge in [0.1, 0.15) is 35.7 Å². The van der Waals surface area contributed by atoms with E-state index in [-0.39, 0.29) is 36.9 Å². The molecule has 16 heteroatoms. The van der Waals surface area contributed by atoms with Gasteiger partial charge in [-0.25, -0.2) is 9.59 Å². The van der Waals surface area contributed by atoms with Gasteiger partial charge in [-0.1, -0.05) is 6.07 Å². The number of hydrogen-bond acceptors (Lipinski definition) is 12. The summed E-state index contributed by atoms with van der Waals surface area (Å²) in [7, 11) is 1.58. The number of ether oxygens (including phenoxy) is 5. The van der Waals surface area contributed by atoms with E-state index in [1.165, 1.54) is 4.57 Å². The first-order chi connectivity index (χ1) is 24.9. The second-order valence-corrected chi connectivity index (χ2v) is 12.1. The molecule has 7 heterocycles. The Kier molecular flexibility index (Phi) is 8.39. The first-order valence-corrected chi connectivity index (χ1v) is 16.5. The molecule has 16 nitrogen and oxygen atoms in total. The normalized spacial score (nSPS) is 16.3. The van der Waals surface area contributed by atoms with Crippen molar-refractivity contribution in [2.75, 3.05) is 38.0 Å². The van der Waals surface area contributed by atoms with E-state index in [1.807, 2.05) is 30.4 Å². The van der Waals surface area contributed by atoms with Crippen LogP contribution < -0.4 is 46.1 Å². The highest BCUT2D eigenvalue weighted by Crippen LogP contribution is 2.31. The van der Waals surface area contributed by atoms with Crippen LogP contribution in [-0.4, -0.2) is 67.2 Å². The molecule has 6 aromatic rings. The highest BCUT2D eigenvalue weighted by molar-refractivity contribution is 5.87. The van der Waals surface area contributed by atoms with Crippen LogP contribution in [-0.2, 0) is 13.1 Å². The van der Waals surface area contributed by atoms with Crippen LogP contribution in [0, 0.1) is 0 Å². The van der Waals surface area contributed by atoms with Crippen LogP contribution in [0.15, 0.2) is 70.4 Å². The molecule has 1 unspecified atom stereocenters. The van der Waals surface area contributed by atoms with Crippen molar-refractivity contribution in [2.45, 2.75) is 38.6 Å². The fourth-order valence-electron chi connectivity index (χ4n) is 6.24. The van der Waals surface area contributed by atoms with Gasteiger partial charge in [0.15, 0.2) is 29.4 Å². The smallest absolute Gasteiger partial charge is 0.326 e. The maximum Gasteiger partial charge on any atom is 0.326 e. The molecule has 0 saturated carbocycles. The average Bonchev–Trinajstić information content (AvgIpc) is 3.61. The summed E-state index contributed by atoms with van der Waals surface area (Å²) in [6.45, 7) is 1.24. The van der Waals surface area contributed by atoms with Gasteiger partial charge in [0.2, 0.25) is 11.8 Å². The summed E-state index contributed by atoms with van der Waals surface area (Å²) in [6.07, 6.45) is 6.59. The Labute approximate surface area is 289 Å². The van der Waals surface area contributed by atoms with E-state index in [9.17, 15) is 9.59 Å². The van der Waals surface area contributed by atoms with Gasteiger partial charge in [0.05, 0.1) is 37.8 Å². The van der Waals surface area contributed by atoms with Crippen LogP contribution in [0.25, 0.3) is 22.1 Å². The molecule has 0 amide bonds. The Bertz CT molecular complexity index is 2390. The van der Waals surface area contributed by atoms with Crippen LogP contribution in [0.5, 0.6) is 29.0 Å². The number of rotatable bonds is 3. The van der Waals surface area contributed by atoms with Gasteiger partial charge in [0.25, 0.3) is 0 Å². The van der Waals surface area contributed by atoms with E-state index in [0.717, 1.165) is 5.56 Å². The standard InChI is InChI=1S/C35H35N9O7/c1-47-25-10-9-20-15-26(25)48-12-4-5-14-50-29-17-23-31(42-35(46)43(23)18-20)33(40-29)39-27-8-2-3-13-49-28-16-22-30(32(36)38-28)41-34(45)44(22)19-21-24(51-27)7-6-11-37-21/h4-7,9-11,15-17,27H,2-3,8,12-14,18-19H2,1H3,(H2,36,38)(H,39,40)(H,41,45)(H,42,46).